The number of thioether (sulfide) groups is 1. The molecule has 0 aliphatic rings. The summed E-state index contributed by atoms with van der Waals surface area (Å²) >= 11 is 7.44. The number of hydrogen-bond donors (Lipinski definition) is 1. The average molecular weight is 398 g/mol. The van der Waals surface area contributed by atoms with E-state index in [2.05, 4.69) is 20.5 Å². The second-order valence-electron chi connectivity index (χ2n) is 6.06. The highest BCUT2D eigenvalue weighted by Crippen LogP contribution is 2.27. The van der Waals surface area contributed by atoms with Gasteiger partial charge in [-0.2, -0.15) is 0 Å². The number of nitrogens with one attached hydrogen (secondary N) is 1. The molecule has 8 heteroatoms. The highest BCUT2D eigenvalue weighted by Gasteiger charge is 2.15. The number of carbonyl (C=O) groups is 1. The van der Waals surface area contributed by atoms with Crippen molar-refractivity contribution in [1.29, 1.82) is 0 Å². The molecule has 2 aromatic carbocycles. The first-order chi connectivity index (χ1) is 13.0. The molecule has 0 spiro atoms. The third-order valence-electron chi connectivity index (χ3n) is 4.24. The molecular formula is C19H16ClN5OS. The Bertz CT molecular complexity index is 1170. The van der Waals surface area contributed by atoms with Crippen LogP contribution in [0.1, 0.15) is 11.4 Å². The lowest BCUT2D eigenvalue weighted by Crippen LogP contribution is -2.15. The third-order valence-corrected chi connectivity index (χ3v) is 5.61. The van der Waals surface area contributed by atoms with Gasteiger partial charge in [0.05, 0.1) is 16.8 Å². The van der Waals surface area contributed by atoms with E-state index in [1.54, 1.807) is 6.07 Å². The van der Waals surface area contributed by atoms with Crippen molar-refractivity contribution < 1.29 is 4.79 Å². The monoisotopic (exact) mass is 397 g/mol. The van der Waals surface area contributed by atoms with Crippen molar-refractivity contribution in [3.8, 4) is 0 Å². The Kier molecular flexibility index (Phi) is 4.72. The Morgan fingerprint density at radius 2 is 1.96 bits per heavy atom. The molecule has 1 N–H and O–H groups in total. The predicted molar refractivity (Wildman–Crippen MR) is 109 cm³/mol. The van der Waals surface area contributed by atoms with Crippen LogP contribution in [0.5, 0.6) is 0 Å². The molecule has 0 atom stereocenters. The van der Waals surface area contributed by atoms with Gasteiger partial charge in [0.2, 0.25) is 5.91 Å². The SMILES string of the molecule is Cc1c(Cl)cccc1NC(=O)CSc1nc2ccccc2n2c(C)nnc12. The second-order valence-corrected chi connectivity index (χ2v) is 7.43. The van der Waals surface area contributed by atoms with E-state index in [-0.39, 0.29) is 11.7 Å². The maximum Gasteiger partial charge on any atom is 0.234 e. The van der Waals surface area contributed by atoms with Gasteiger partial charge in [-0.15, -0.1) is 10.2 Å². The molecule has 136 valence electrons. The van der Waals surface area contributed by atoms with Crippen LogP contribution >= 0.6 is 23.4 Å². The van der Waals surface area contributed by atoms with Crippen LogP contribution in [0.2, 0.25) is 5.02 Å². The van der Waals surface area contributed by atoms with Gasteiger partial charge in [0.15, 0.2) is 5.65 Å². The number of aromatic nitrogens is 4. The zero-order chi connectivity index (χ0) is 19.0. The molecule has 4 rings (SSSR count). The zero-order valence-corrected chi connectivity index (χ0v) is 16.3. The van der Waals surface area contributed by atoms with Gasteiger partial charge >= 0.3 is 0 Å². The number of para-hydroxylation sites is 2. The van der Waals surface area contributed by atoms with E-state index in [1.165, 1.54) is 11.8 Å². The maximum absolute atomic E-state index is 12.4. The first-order valence-corrected chi connectivity index (χ1v) is 9.69. The van der Waals surface area contributed by atoms with E-state index in [0.29, 0.717) is 21.4 Å². The van der Waals surface area contributed by atoms with E-state index in [9.17, 15) is 4.79 Å². The fourth-order valence-corrected chi connectivity index (χ4v) is 3.79. The zero-order valence-electron chi connectivity index (χ0n) is 14.7. The van der Waals surface area contributed by atoms with Crippen molar-refractivity contribution >= 4 is 51.6 Å². The number of anilines is 1. The van der Waals surface area contributed by atoms with Crippen LogP contribution in [0.25, 0.3) is 16.7 Å². The topological polar surface area (TPSA) is 72.2 Å². The minimum atomic E-state index is -0.130. The van der Waals surface area contributed by atoms with Crippen LogP contribution in [-0.4, -0.2) is 31.2 Å². The Morgan fingerprint density at radius 3 is 2.81 bits per heavy atom. The lowest BCUT2D eigenvalue weighted by Gasteiger charge is -2.10. The maximum atomic E-state index is 12.4. The van der Waals surface area contributed by atoms with Gasteiger partial charge in [0.25, 0.3) is 0 Å². The molecule has 0 bridgehead atoms. The third kappa shape index (κ3) is 3.36. The molecule has 0 aliphatic carbocycles. The summed E-state index contributed by atoms with van der Waals surface area (Å²) in [6, 6.07) is 13.2. The second kappa shape index (κ2) is 7.17. The summed E-state index contributed by atoms with van der Waals surface area (Å²) in [6.07, 6.45) is 0. The minimum Gasteiger partial charge on any atom is -0.325 e. The predicted octanol–water partition coefficient (Wildman–Crippen LogP) is 4.28. The molecule has 27 heavy (non-hydrogen) atoms. The van der Waals surface area contributed by atoms with Crippen LogP contribution in [-0.2, 0) is 4.79 Å². The summed E-state index contributed by atoms with van der Waals surface area (Å²) in [5.41, 5.74) is 3.99. The Labute approximate surface area is 165 Å². The smallest absolute Gasteiger partial charge is 0.234 e. The summed E-state index contributed by atoms with van der Waals surface area (Å²) in [5.74, 6) is 0.859. The van der Waals surface area contributed by atoms with E-state index in [4.69, 9.17) is 11.6 Å². The first kappa shape index (κ1) is 17.8. The van der Waals surface area contributed by atoms with Crippen molar-refractivity contribution in [2.45, 2.75) is 18.9 Å². The number of carbonyl (C=O) groups excluding carboxylic acids is 1. The van der Waals surface area contributed by atoms with Gasteiger partial charge in [-0.3, -0.25) is 9.20 Å². The Hall–Kier alpha value is -2.64. The quantitative estimate of drug-likeness (QED) is 0.520. The minimum absolute atomic E-state index is 0.130. The molecule has 2 heterocycles. The molecule has 0 unspecified atom stereocenters. The molecule has 0 saturated carbocycles. The summed E-state index contributed by atoms with van der Waals surface area (Å²) in [6.45, 7) is 3.77. The van der Waals surface area contributed by atoms with Crippen molar-refractivity contribution in [3.63, 3.8) is 0 Å². The highest BCUT2D eigenvalue weighted by atomic mass is 35.5. The van der Waals surface area contributed by atoms with Gasteiger partial charge < -0.3 is 5.32 Å². The Balaban J connectivity index is 1.60. The summed E-state index contributed by atoms with van der Waals surface area (Å²) in [4.78, 5) is 17.1. The molecule has 0 fully saturated rings. The van der Waals surface area contributed by atoms with Crippen molar-refractivity contribution in [2.75, 3.05) is 11.1 Å². The van der Waals surface area contributed by atoms with Crippen molar-refractivity contribution in [1.82, 2.24) is 19.6 Å². The van der Waals surface area contributed by atoms with Crippen LogP contribution in [0, 0.1) is 13.8 Å². The number of nitrogens with zero attached hydrogens (tertiary/aromatic N) is 4. The molecule has 0 saturated heterocycles. The average Bonchev–Trinajstić information content (AvgIpc) is 3.06. The molecule has 0 radical (unpaired) electrons. The number of aryl methyl sites for hydroxylation is 1. The van der Waals surface area contributed by atoms with E-state index in [1.807, 2.05) is 54.6 Å². The standard InChI is InChI=1S/C19H16ClN5OS/c1-11-13(20)6-5-8-14(11)21-17(26)10-27-19-18-24-23-12(2)25(18)16-9-4-3-7-15(16)22-19/h3-9H,10H2,1-2H3,(H,21,26). The van der Waals surface area contributed by atoms with Crippen LogP contribution in [0.15, 0.2) is 47.5 Å². The van der Waals surface area contributed by atoms with Crippen LogP contribution < -0.4 is 5.32 Å². The van der Waals surface area contributed by atoms with Gasteiger partial charge in [-0.05, 0) is 43.7 Å². The van der Waals surface area contributed by atoms with Gasteiger partial charge in [-0.1, -0.05) is 41.6 Å². The van der Waals surface area contributed by atoms with Gasteiger partial charge in [0.1, 0.15) is 10.9 Å². The normalized spacial score (nSPS) is 11.2. The van der Waals surface area contributed by atoms with Crippen molar-refractivity contribution in [3.05, 3.63) is 58.9 Å². The summed E-state index contributed by atoms with van der Waals surface area (Å²) < 4.78 is 1.96. The molecule has 2 aromatic heterocycles. The van der Waals surface area contributed by atoms with Crippen molar-refractivity contribution in [2.24, 2.45) is 0 Å². The van der Waals surface area contributed by atoms with Crippen LogP contribution in [0.3, 0.4) is 0 Å². The van der Waals surface area contributed by atoms with Gasteiger partial charge in [-0.25, -0.2) is 4.98 Å². The lowest BCUT2D eigenvalue weighted by molar-refractivity contribution is -0.113. The van der Waals surface area contributed by atoms with Crippen LogP contribution in [0.4, 0.5) is 5.69 Å². The molecular weight excluding hydrogens is 382 g/mol. The largest absolute Gasteiger partial charge is 0.325 e. The number of benzene rings is 2. The number of amides is 1. The van der Waals surface area contributed by atoms with E-state index >= 15 is 0 Å². The van der Waals surface area contributed by atoms with Gasteiger partial charge in [0, 0.05) is 10.7 Å². The summed E-state index contributed by atoms with van der Waals surface area (Å²) in [5, 5.41) is 12.6. The summed E-state index contributed by atoms with van der Waals surface area (Å²) in [7, 11) is 0. The molecule has 4 aromatic rings. The fourth-order valence-electron chi connectivity index (χ4n) is 2.86. The van der Waals surface area contributed by atoms with E-state index in [0.717, 1.165) is 22.4 Å². The molecule has 0 aliphatic heterocycles. The fraction of sp³-hybridized carbons (Fsp3) is 0.158. The van der Waals surface area contributed by atoms with E-state index < -0.39 is 0 Å². The molecule has 1 amide bonds. The number of hydrogen-bond acceptors (Lipinski definition) is 5. The first-order valence-electron chi connectivity index (χ1n) is 8.33. The Morgan fingerprint density at radius 1 is 1.15 bits per heavy atom. The molecule has 6 nitrogen and oxygen atoms in total. The lowest BCUT2D eigenvalue weighted by atomic mass is 10.2. The number of rotatable bonds is 4. The number of halogens is 1. The number of fused-ring (bicyclic) bond motifs is 3. The highest BCUT2D eigenvalue weighted by molar-refractivity contribution is 8.00.